The molecule has 7 heteroatoms. The molecular weight excluding hydrogens is 322 g/mol. The first-order valence-electron chi connectivity index (χ1n) is 8.91. The Morgan fingerprint density at radius 3 is 2.60 bits per heavy atom. The third-order valence-electron chi connectivity index (χ3n) is 5.46. The van der Waals surface area contributed by atoms with Crippen molar-refractivity contribution in [3.8, 4) is 0 Å². The van der Waals surface area contributed by atoms with Gasteiger partial charge in [0.25, 0.3) is 5.91 Å². The van der Waals surface area contributed by atoms with Gasteiger partial charge in [0.15, 0.2) is 0 Å². The number of carbonyl (C=O) groups is 2. The van der Waals surface area contributed by atoms with E-state index in [0.29, 0.717) is 31.6 Å². The highest BCUT2D eigenvalue weighted by molar-refractivity contribution is 5.93. The Kier molecular flexibility index (Phi) is 5.44. The number of likely N-dealkylation sites (tertiary alicyclic amines) is 1. The number of hydrogen-bond acceptors (Lipinski definition) is 4. The van der Waals surface area contributed by atoms with Gasteiger partial charge < -0.3 is 24.6 Å². The van der Waals surface area contributed by atoms with Crippen molar-refractivity contribution in [3.63, 3.8) is 0 Å². The van der Waals surface area contributed by atoms with Crippen molar-refractivity contribution in [3.05, 3.63) is 24.0 Å². The smallest absolute Gasteiger partial charge is 0.268 e. The van der Waals surface area contributed by atoms with Crippen molar-refractivity contribution >= 4 is 11.8 Å². The van der Waals surface area contributed by atoms with Crippen LogP contribution in [0.25, 0.3) is 0 Å². The van der Waals surface area contributed by atoms with E-state index in [0.717, 1.165) is 12.8 Å². The molecule has 1 saturated heterocycles. The summed E-state index contributed by atoms with van der Waals surface area (Å²) >= 11 is 0. The molecule has 1 aromatic heterocycles. The van der Waals surface area contributed by atoms with E-state index >= 15 is 0 Å². The molecule has 1 aliphatic heterocycles. The molecule has 3 atom stereocenters. The molecule has 1 aromatic rings. The second kappa shape index (κ2) is 7.58. The lowest BCUT2D eigenvalue weighted by Gasteiger charge is -2.33. The lowest BCUT2D eigenvalue weighted by atomic mass is 10.0. The number of ether oxygens (including phenoxy) is 1. The summed E-state index contributed by atoms with van der Waals surface area (Å²) in [5.74, 6) is -0.359. The number of nitrogens with zero attached hydrogens (tertiary/aromatic N) is 2. The highest BCUT2D eigenvalue weighted by Crippen LogP contribution is 2.29. The quantitative estimate of drug-likeness (QED) is 0.831. The number of hydrogen-bond donors (Lipinski definition) is 2. The van der Waals surface area contributed by atoms with Crippen molar-refractivity contribution in [1.82, 2.24) is 14.8 Å². The Bertz CT molecular complexity index is 622. The van der Waals surface area contributed by atoms with Gasteiger partial charge >= 0.3 is 0 Å². The van der Waals surface area contributed by atoms with Crippen LogP contribution < -0.4 is 5.32 Å². The molecular formula is C18H27N3O4. The maximum Gasteiger partial charge on any atom is 0.268 e. The van der Waals surface area contributed by atoms with E-state index in [9.17, 15) is 14.7 Å². The fourth-order valence-electron chi connectivity index (χ4n) is 3.88. The van der Waals surface area contributed by atoms with E-state index in [2.05, 4.69) is 5.32 Å². The van der Waals surface area contributed by atoms with Gasteiger partial charge in [-0.05, 0) is 37.8 Å². The second-order valence-corrected chi connectivity index (χ2v) is 7.08. The van der Waals surface area contributed by atoms with Crippen LogP contribution >= 0.6 is 0 Å². The number of amides is 2. The molecule has 0 spiro atoms. The lowest BCUT2D eigenvalue weighted by Crippen LogP contribution is -2.43. The number of carbonyl (C=O) groups excluding carboxylic acids is 2. The van der Waals surface area contributed by atoms with Crippen LogP contribution in [0.1, 0.15) is 36.2 Å². The summed E-state index contributed by atoms with van der Waals surface area (Å²) in [7, 11) is 3.51. The predicted octanol–water partition coefficient (Wildman–Crippen LogP) is 0.532. The van der Waals surface area contributed by atoms with Crippen LogP contribution in [0, 0.1) is 5.92 Å². The number of rotatable bonds is 4. The molecule has 1 aliphatic carbocycles. The molecule has 138 valence electrons. The van der Waals surface area contributed by atoms with Crippen LogP contribution in [0.4, 0.5) is 0 Å². The molecule has 2 fully saturated rings. The Balaban J connectivity index is 1.55. The highest BCUT2D eigenvalue weighted by atomic mass is 16.5. The number of aliphatic hydroxyl groups is 1. The SMILES string of the molecule is COC1CCN(C(=O)[C@@H]2C[C@@H](O)[C@H](NC(=O)c3cccn3C)C2)CC1. The number of piperidine rings is 1. The molecule has 2 N–H and O–H groups in total. The molecule has 7 nitrogen and oxygen atoms in total. The zero-order valence-corrected chi connectivity index (χ0v) is 14.9. The fourth-order valence-corrected chi connectivity index (χ4v) is 3.88. The first-order chi connectivity index (χ1) is 12.0. The van der Waals surface area contributed by atoms with Gasteiger partial charge in [-0.2, -0.15) is 0 Å². The molecule has 2 heterocycles. The average Bonchev–Trinajstić information content (AvgIpc) is 3.20. The van der Waals surface area contributed by atoms with Gasteiger partial charge in [0.2, 0.25) is 5.91 Å². The monoisotopic (exact) mass is 349 g/mol. The third kappa shape index (κ3) is 3.88. The van der Waals surface area contributed by atoms with Crippen molar-refractivity contribution in [2.45, 2.75) is 43.9 Å². The summed E-state index contributed by atoms with van der Waals surface area (Å²) in [5, 5.41) is 13.2. The summed E-state index contributed by atoms with van der Waals surface area (Å²) in [4.78, 5) is 26.9. The fraction of sp³-hybridized carbons (Fsp3) is 0.667. The minimum absolute atomic E-state index is 0.0872. The van der Waals surface area contributed by atoms with Crippen LogP contribution in [-0.4, -0.2) is 64.8 Å². The lowest BCUT2D eigenvalue weighted by molar-refractivity contribution is -0.137. The molecule has 2 aliphatic rings. The maximum absolute atomic E-state index is 12.7. The predicted molar refractivity (Wildman–Crippen MR) is 92.0 cm³/mol. The highest BCUT2D eigenvalue weighted by Gasteiger charge is 2.40. The summed E-state index contributed by atoms with van der Waals surface area (Å²) in [6.07, 6.45) is 3.94. The van der Waals surface area contributed by atoms with Crippen molar-refractivity contribution in [1.29, 1.82) is 0 Å². The van der Waals surface area contributed by atoms with E-state index < -0.39 is 6.10 Å². The summed E-state index contributed by atoms with van der Waals surface area (Å²) in [6, 6.07) is 3.16. The van der Waals surface area contributed by atoms with Crippen LogP contribution in [0.2, 0.25) is 0 Å². The zero-order chi connectivity index (χ0) is 18.0. The molecule has 1 saturated carbocycles. The van der Waals surface area contributed by atoms with E-state index in [1.54, 1.807) is 37.1 Å². The van der Waals surface area contributed by atoms with Crippen molar-refractivity contribution in [2.24, 2.45) is 13.0 Å². The van der Waals surface area contributed by atoms with Crippen LogP contribution in [0.15, 0.2) is 18.3 Å². The molecule has 2 amide bonds. The van der Waals surface area contributed by atoms with Gasteiger partial charge in [-0.25, -0.2) is 0 Å². The third-order valence-corrected chi connectivity index (χ3v) is 5.46. The van der Waals surface area contributed by atoms with Crippen molar-refractivity contribution < 1.29 is 19.4 Å². The number of methoxy groups -OCH3 is 1. The largest absolute Gasteiger partial charge is 0.391 e. The molecule has 25 heavy (non-hydrogen) atoms. The van der Waals surface area contributed by atoms with Crippen LogP contribution in [0.3, 0.4) is 0 Å². The van der Waals surface area contributed by atoms with Gasteiger partial charge in [0, 0.05) is 39.4 Å². The van der Waals surface area contributed by atoms with Gasteiger partial charge in [0.1, 0.15) is 5.69 Å². The Labute approximate surface area is 147 Å². The van der Waals surface area contributed by atoms with Crippen molar-refractivity contribution in [2.75, 3.05) is 20.2 Å². The number of aryl methyl sites for hydroxylation is 1. The maximum atomic E-state index is 12.7. The normalized spacial score (nSPS) is 27.5. The Morgan fingerprint density at radius 2 is 2.00 bits per heavy atom. The second-order valence-electron chi connectivity index (χ2n) is 7.08. The summed E-state index contributed by atoms with van der Waals surface area (Å²) in [5.41, 5.74) is 0.545. The Hall–Kier alpha value is -1.86. The number of aliphatic hydroxyl groups excluding tert-OH is 1. The van der Waals surface area contributed by atoms with E-state index in [1.165, 1.54) is 0 Å². The van der Waals surface area contributed by atoms with Gasteiger partial charge in [-0.1, -0.05) is 0 Å². The van der Waals surface area contributed by atoms with Crippen LogP contribution in [0.5, 0.6) is 0 Å². The van der Waals surface area contributed by atoms with Gasteiger partial charge in [-0.3, -0.25) is 9.59 Å². The minimum atomic E-state index is -0.685. The molecule has 0 aromatic carbocycles. The first kappa shape index (κ1) is 17.9. The molecule has 3 rings (SSSR count). The molecule has 0 bridgehead atoms. The zero-order valence-electron chi connectivity index (χ0n) is 14.9. The van der Waals surface area contributed by atoms with Gasteiger partial charge in [0.05, 0.1) is 18.2 Å². The summed E-state index contributed by atoms with van der Waals surface area (Å²) < 4.78 is 7.08. The number of nitrogens with one attached hydrogen (secondary N) is 1. The minimum Gasteiger partial charge on any atom is -0.391 e. The van der Waals surface area contributed by atoms with E-state index in [-0.39, 0.29) is 29.9 Å². The summed E-state index contributed by atoms with van der Waals surface area (Å²) in [6.45, 7) is 1.40. The standard InChI is InChI=1S/C18H27N3O4/c1-20-7-3-4-15(20)17(23)19-14-10-12(11-16(14)22)18(24)21-8-5-13(25-2)6-9-21/h3-4,7,12-14,16,22H,5-6,8-11H2,1-2H3,(H,19,23)/t12-,14+,16+/m0/s1. The topological polar surface area (TPSA) is 83.8 Å². The molecule has 0 radical (unpaired) electrons. The molecule has 0 unspecified atom stereocenters. The van der Waals surface area contributed by atoms with E-state index in [1.807, 2.05) is 4.90 Å². The van der Waals surface area contributed by atoms with Gasteiger partial charge in [-0.15, -0.1) is 0 Å². The first-order valence-corrected chi connectivity index (χ1v) is 8.91. The van der Waals surface area contributed by atoms with Crippen LogP contribution in [-0.2, 0) is 16.6 Å². The number of aromatic nitrogens is 1. The average molecular weight is 349 g/mol. The Morgan fingerprint density at radius 1 is 1.28 bits per heavy atom. The van der Waals surface area contributed by atoms with E-state index in [4.69, 9.17) is 4.74 Å².